The molecule has 1 heteroatoms. The molecule has 0 unspecified atom stereocenters. The summed E-state index contributed by atoms with van der Waals surface area (Å²) < 4.78 is 1.43. The van der Waals surface area contributed by atoms with Crippen molar-refractivity contribution < 1.29 is 4.48 Å². The summed E-state index contributed by atoms with van der Waals surface area (Å²) in [5.41, 5.74) is 0. The lowest BCUT2D eigenvalue weighted by Crippen LogP contribution is -2.50. The van der Waals surface area contributed by atoms with Gasteiger partial charge >= 0.3 is 0 Å². The molecule has 0 fully saturated rings. The predicted molar refractivity (Wildman–Crippen MR) is 88.6 cm³/mol. The molecular weight excluding hydrogens is 230 g/mol. The van der Waals surface area contributed by atoms with Crippen molar-refractivity contribution in [2.45, 2.75) is 91.9 Å². The molecule has 0 bridgehead atoms. The Bertz CT molecular complexity index is 150. The van der Waals surface area contributed by atoms with Gasteiger partial charge in [-0.05, 0) is 44.9 Å². The Morgan fingerprint density at radius 2 is 0.789 bits per heavy atom. The van der Waals surface area contributed by atoms with E-state index in [2.05, 4.69) is 27.7 Å². The van der Waals surface area contributed by atoms with E-state index in [1.807, 2.05) is 0 Å². The molecule has 0 radical (unpaired) electrons. The van der Waals surface area contributed by atoms with Crippen LogP contribution in [-0.4, -0.2) is 30.7 Å². The minimum atomic E-state index is 1.35. The molecule has 1 nitrogen and oxygen atoms in total. The molecule has 0 amide bonds. The number of nitrogens with zero attached hydrogens (tertiary/aromatic N) is 1. The van der Waals surface area contributed by atoms with Gasteiger partial charge in [-0.15, -0.1) is 0 Å². The van der Waals surface area contributed by atoms with Crippen LogP contribution in [0.5, 0.6) is 0 Å². The number of quaternary nitrogens is 1. The molecule has 0 spiro atoms. The second kappa shape index (κ2) is 13.0. The highest BCUT2D eigenvalue weighted by molar-refractivity contribution is 4.50. The summed E-state index contributed by atoms with van der Waals surface area (Å²) in [6.45, 7) is 15.1. The van der Waals surface area contributed by atoms with Gasteiger partial charge in [-0.2, -0.15) is 0 Å². The van der Waals surface area contributed by atoms with Gasteiger partial charge in [0.15, 0.2) is 0 Å². The van der Waals surface area contributed by atoms with Crippen molar-refractivity contribution in [1.29, 1.82) is 0 Å². The first-order valence-electron chi connectivity index (χ1n) is 9.09. The zero-order chi connectivity index (χ0) is 14.4. The van der Waals surface area contributed by atoms with Crippen LogP contribution in [-0.2, 0) is 0 Å². The van der Waals surface area contributed by atoms with Gasteiger partial charge in [0.1, 0.15) is 0 Å². The Hall–Kier alpha value is -0.0400. The lowest BCUT2D eigenvalue weighted by molar-refractivity contribution is -0.929. The maximum absolute atomic E-state index is 2.37. The zero-order valence-corrected chi connectivity index (χ0v) is 14.3. The molecule has 0 aromatic carbocycles. The first-order chi connectivity index (χ1) is 9.24. The average Bonchev–Trinajstić information content (AvgIpc) is 2.40. The lowest BCUT2D eigenvalue weighted by atomic mass is 10.1. The van der Waals surface area contributed by atoms with Gasteiger partial charge < -0.3 is 4.48 Å². The van der Waals surface area contributed by atoms with Gasteiger partial charge in [0.05, 0.1) is 26.2 Å². The Morgan fingerprint density at radius 1 is 0.421 bits per heavy atom. The van der Waals surface area contributed by atoms with E-state index in [0.717, 1.165) is 0 Å². The summed E-state index contributed by atoms with van der Waals surface area (Å²) in [6, 6.07) is 0. The molecule has 0 saturated carbocycles. The predicted octanol–water partition coefficient (Wildman–Crippen LogP) is 5.78. The summed E-state index contributed by atoms with van der Waals surface area (Å²) in [7, 11) is 0. The van der Waals surface area contributed by atoms with Gasteiger partial charge in [-0.25, -0.2) is 0 Å². The summed E-state index contributed by atoms with van der Waals surface area (Å²) in [4.78, 5) is 0. The summed E-state index contributed by atoms with van der Waals surface area (Å²) in [5.74, 6) is 0. The molecule has 0 aromatic rings. The van der Waals surface area contributed by atoms with Gasteiger partial charge in [0.2, 0.25) is 0 Å². The maximum atomic E-state index is 2.37. The molecule has 19 heavy (non-hydrogen) atoms. The van der Waals surface area contributed by atoms with E-state index in [1.54, 1.807) is 0 Å². The first-order valence-corrected chi connectivity index (χ1v) is 9.09. The van der Waals surface area contributed by atoms with Crippen LogP contribution < -0.4 is 0 Å². The van der Waals surface area contributed by atoms with Crippen molar-refractivity contribution >= 4 is 0 Å². The molecule has 0 rings (SSSR count). The average molecular weight is 271 g/mol. The van der Waals surface area contributed by atoms with Gasteiger partial charge in [-0.3, -0.25) is 0 Å². The van der Waals surface area contributed by atoms with Crippen LogP contribution >= 0.6 is 0 Å². The standard InChI is InChI=1S/C18H40N/c1-5-9-12-16-19(15-8-4,17-13-10-6-2)18-14-11-7-3/h5-18H2,1-4H3/q+1. The molecule has 0 aliphatic rings. The van der Waals surface area contributed by atoms with Crippen molar-refractivity contribution in [3.63, 3.8) is 0 Å². The largest absolute Gasteiger partial charge is 0.324 e. The highest BCUT2D eigenvalue weighted by Gasteiger charge is 2.24. The topological polar surface area (TPSA) is 0 Å². The van der Waals surface area contributed by atoms with E-state index in [-0.39, 0.29) is 0 Å². The van der Waals surface area contributed by atoms with Crippen LogP contribution in [0, 0.1) is 0 Å². The first kappa shape index (κ1) is 19.0. The van der Waals surface area contributed by atoms with Crippen LogP contribution in [0.3, 0.4) is 0 Å². The Kier molecular flexibility index (Phi) is 12.9. The number of hydrogen-bond donors (Lipinski definition) is 0. The molecule has 0 saturated heterocycles. The van der Waals surface area contributed by atoms with Crippen molar-refractivity contribution in [3.05, 3.63) is 0 Å². The molecule has 0 atom stereocenters. The maximum Gasteiger partial charge on any atom is 0.0786 e. The Labute approximate surface area is 123 Å². The number of hydrogen-bond acceptors (Lipinski definition) is 0. The summed E-state index contributed by atoms with van der Waals surface area (Å²) in [6.07, 6.45) is 14.0. The molecule has 0 aliphatic heterocycles. The van der Waals surface area contributed by atoms with E-state index >= 15 is 0 Å². The molecule has 116 valence electrons. The van der Waals surface area contributed by atoms with E-state index in [4.69, 9.17) is 0 Å². The fourth-order valence-corrected chi connectivity index (χ4v) is 3.24. The minimum absolute atomic E-state index is 1.35. The molecule has 0 N–H and O–H groups in total. The van der Waals surface area contributed by atoms with Crippen molar-refractivity contribution in [1.82, 2.24) is 0 Å². The van der Waals surface area contributed by atoms with Crippen LogP contribution in [0.2, 0.25) is 0 Å². The minimum Gasteiger partial charge on any atom is -0.324 e. The third-order valence-corrected chi connectivity index (χ3v) is 4.41. The molecular formula is C18H40N+. The third kappa shape index (κ3) is 9.49. The van der Waals surface area contributed by atoms with E-state index < -0.39 is 0 Å². The van der Waals surface area contributed by atoms with Crippen LogP contribution in [0.1, 0.15) is 91.9 Å². The molecule has 0 aliphatic carbocycles. The van der Waals surface area contributed by atoms with Crippen LogP contribution in [0.25, 0.3) is 0 Å². The SMILES string of the molecule is CCCCC[N+](CCC)(CCCCC)CCCCC. The molecule has 0 aromatic heterocycles. The highest BCUT2D eigenvalue weighted by atomic mass is 15.3. The van der Waals surface area contributed by atoms with E-state index in [9.17, 15) is 0 Å². The summed E-state index contributed by atoms with van der Waals surface area (Å²) in [5, 5.41) is 0. The number of rotatable bonds is 14. The second-order valence-electron chi connectivity index (χ2n) is 6.36. The monoisotopic (exact) mass is 270 g/mol. The van der Waals surface area contributed by atoms with Gasteiger partial charge in [-0.1, -0.05) is 47.0 Å². The number of unbranched alkanes of at least 4 members (excludes halogenated alkanes) is 6. The fraction of sp³-hybridized carbons (Fsp3) is 1.00. The van der Waals surface area contributed by atoms with Gasteiger partial charge in [0.25, 0.3) is 0 Å². The molecule has 0 heterocycles. The quantitative estimate of drug-likeness (QED) is 0.277. The fourth-order valence-electron chi connectivity index (χ4n) is 3.24. The highest BCUT2D eigenvalue weighted by Crippen LogP contribution is 2.17. The van der Waals surface area contributed by atoms with Gasteiger partial charge in [0, 0.05) is 0 Å². The van der Waals surface area contributed by atoms with Crippen LogP contribution in [0.4, 0.5) is 0 Å². The Balaban J connectivity index is 4.37. The van der Waals surface area contributed by atoms with E-state index in [0.29, 0.717) is 0 Å². The zero-order valence-electron chi connectivity index (χ0n) is 14.3. The van der Waals surface area contributed by atoms with Crippen molar-refractivity contribution in [3.8, 4) is 0 Å². The van der Waals surface area contributed by atoms with E-state index in [1.165, 1.54) is 94.9 Å². The van der Waals surface area contributed by atoms with Crippen molar-refractivity contribution in [2.24, 2.45) is 0 Å². The Morgan fingerprint density at radius 3 is 1.05 bits per heavy atom. The summed E-state index contributed by atoms with van der Waals surface area (Å²) >= 11 is 0. The second-order valence-corrected chi connectivity index (χ2v) is 6.36. The third-order valence-electron chi connectivity index (χ3n) is 4.41. The van der Waals surface area contributed by atoms with Crippen molar-refractivity contribution in [2.75, 3.05) is 26.2 Å². The lowest BCUT2D eigenvalue weighted by Gasteiger charge is -2.39. The smallest absolute Gasteiger partial charge is 0.0786 e. The normalized spacial score (nSPS) is 12.0. The van der Waals surface area contributed by atoms with Crippen LogP contribution in [0.15, 0.2) is 0 Å².